The molecule has 0 aliphatic carbocycles. The molecule has 1 aromatic carbocycles. The van der Waals surface area contributed by atoms with Gasteiger partial charge in [-0.2, -0.15) is 0 Å². The van der Waals surface area contributed by atoms with Gasteiger partial charge in [-0.15, -0.1) is 11.3 Å². The summed E-state index contributed by atoms with van der Waals surface area (Å²) in [5.41, 5.74) is 1.24. The fourth-order valence-electron chi connectivity index (χ4n) is 3.10. The van der Waals surface area contributed by atoms with E-state index < -0.39 is 0 Å². The minimum Gasteiger partial charge on any atom is -0.377 e. The predicted octanol–water partition coefficient (Wildman–Crippen LogP) is 3.57. The molecule has 1 fully saturated rings. The van der Waals surface area contributed by atoms with Crippen molar-refractivity contribution in [2.75, 3.05) is 25.0 Å². The van der Waals surface area contributed by atoms with Crippen LogP contribution in [-0.4, -0.2) is 42.4 Å². The molecule has 138 valence electrons. The SMILES string of the molecule is CC(=O)c1cccc(NC(=O)CN(Cc2cccs2)C[C@H]2CCCO2)c1. The lowest BCUT2D eigenvalue weighted by molar-refractivity contribution is -0.117. The monoisotopic (exact) mass is 372 g/mol. The van der Waals surface area contributed by atoms with Crippen LogP contribution in [0.3, 0.4) is 0 Å². The van der Waals surface area contributed by atoms with Crippen LogP contribution < -0.4 is 5.32 Å². The van der Waals surface area contributed by atoms with Crippen molar-refractivity contribution in [1.82, 2.24) is 4.90 Å². The molecule has 0 spiro atoms. The maximum atomic E-state index is 12.5. The van der Waals surface area contributed by atoms with Crippen LogP contribution in [0.1, 0.15) is 35.0 Å². The van der Waals surface area contributed by atoms with E-state index in [1.807, 2.05) is 11.4 Å². The highest BCUT2D eigenvalue weighted by molar-refractivity contribution is 7.09. The van der Waals surface area contributed by atoms with E-state index >= 15 is 0 Å². The summed E-state index contributed by atoms with van der Waals surface area (Å²) in [5.74, 6) is -0.0981. The van der Waals surface area contributed by atoms with Crippen molar-refractivity contribution < 1.29 is 14.3 Å². The van der Waals surface area contributed by atoms with E-state index in [4.69, 9.17) is 4.74 Å². The molecule has 1 N–H and O–H groups in total. The Morgan fingerprint density at radius 3 is 2.88 bits per heavy atom. The molecule has 6 heteroatoms. The molecule has 5 nitrogen and oxygen atoms in total. The van der Waals surface area contributed by atoms with Gasteiger partial charge in [-0.3, -0.25) is 14.5 Å². The standard InChI is InChI=1S/C20H24N2O3S/c1-15(23)16-5-2-6-17(11-16)21-20(24)14-22(12-18-7-3-9-25-18)13-19-8-4-10-26-19/h2,4-6,8,10-11,18H,3,7,9,12-14H2,1H3,(H,21,24)/t18-/m1/s1. The topological polar surface area (TPSA) is 58.6 Å². The maximum Gasteiger partial charge on any atom is 0.238 e. The van der Waals surface area contributed by atoms with Gasteiger partial charge in [-0.05, 0) is 43.3 Å². The first-order chi connectivity index (χ1) is 12.6. The molecular formula is C20H24N2O3S. The summed E-state index contributed by atoms with van der Waals surface area (Å²) in [5, 5.41) is 4.95. The van der Waals surface area contributed by atoms with Crippen molar-refractivity contribution in [1.29, 1.82) is 0 Å². The highest BCUT2D eigenvalue weighted by Crippen LogP contribution is 2.17. The number of hydrogen-bond donors (Lipinski definition) is 1. The Labute approximate surface area is 158 Å². The Hall–Kier alpha value is -2.02. The molecule has 1 aliphatic heterocycles. The van der Waals surface area contributed by atoms with Crippen LogP contribution in [0.4, 0.5) is 5.69 Å². The smallest absolute Gasteiger partial charge is 0.238 e. The first-order valence-corrected chi connectivity index (χ1v) is 9.75. The Kier molecular flexibility index (Phi) is 6.55. The summed E-state index contributed by atoms with van der Waals surface area (Å²) >= 11 is 1.69. The van der Waals surface area contributed by atoms with Gasteiger partial charge >= 0.3 is 0 Å². The molecule has 3 rings (SSSR count). The molecule has 26 heavy (non-hydrogen) atoms. The normalized spacial score (nSPS) is 16.8. The average Bonchev–Trinajstić information content (AvgIpc) is 3.29. The van der Waals surface area contributed by atoms with Crippen LogP contribution in [0.25, 0.3) is 0 Å². The number of benzene rings is 1. The zero-order valence-corrected chi connectivity index (χ0v) is 15.8. The van der Waals surface area contributed by atoms with Crippen molar-refractivity contribution >= 4 is 28.7 Å². The van der Waals surface area contributed by atoms with Gasteiger partial charge in [0.15, 0.2) is 5.78 Å². The van der Waals surface area contributed by atoms with Crippen molar-refractivity contribution in [3.8, 4) is 0 Å². The van der Waals surface area contributed by atoms with Gasteiger partial charge in [0.1, 0.15) is 0 Å². The van der Waals surface area contributed by atoms with E-state index in [1.165, 1.54) is 11.8 Å². The van der Waals surface area contributed by atoms with Crippen LogP contribution in [0.15, 0.2) is 41.8 Å². The molecule has 0 saturated carbocycles. The summed E-state index contributed by atoms with van der Waals surface area (Å²) in [7, 11) is 0. The first-order valence-electron chi connectivity index (χ1n) is 8.87. The number of carbonyl (C=O) groups excluding carboxylic acids is 2. The number of hydrogen-bond acceptors (Lipinski definition) is 5. The number of ketones is 1. The number of amides is 1. The van der Waals surface area contributed by atoms with E-state index in [0.29, 0.717) is 17.8 Å². The highest BCUT2D eigenvalue weighted by Gasteiger charge is 2.21. The second-order valence-corrected chi connectivity index (χ2v) is 7.60. The second-order valence-electron chi connectivity index (χ2n) is 6.57. The lowest BCUT2D eigenvalue weighted by Crippen LogP contribution is -2.37. The minimum absolute atomic E-state index is 0.0150. The highest BCUT2D eigenvalue weighted by atomic mass is 32.1. The van der Waals surface area contributed by atoms with Crippen molar-refractivity contribution in [2.24, 2.45) is 0 Å². The van der Waals surface area contributed by atoms with Gasteiger partial charge in [-0.1, -0.05) is 18.2 Å². The molecule has 0 radical (unpaired) electrons. The maximum absolute atomic E-state index is 12.5. The van der Waals surface area contributed by atoms with E-state index in [2.05, 4.69) is 16.3 Å². The van der Waals surface area contributed by atoms with Gasteiger partial charge < -0.3 is 10.1 Å². The van der Waals surface area contributed by atoms with E-state index in [-0.39, 0.29) is 17.8 Å². The zero-order chi connectivity index (χ0) is 18.4. The third-order valence-electron chi connectivity index (χ3n) is 4.37. The van der Waals surface area contributed by atoms with Gasteiger partial charge in [-0.25, -0.2) is 0 Å². The third-order valence-corrected chi connectivity index (χ3v) is 5.23. The lowest BCUT2D eigenvalue weighted by Gasteiger charge is -2.24. The number of anilines is 1. The van der Waals surface area contributed by atoms with Crippen LogP contribution >= 0.6 is 11.3 Å². The quantitative estimate of drug-likeness (QED) is 0.720. The van der Waals surface area contributed by atoms with Crippen LogP contribution in [-0.2, 0) is 16.1 Å². The molecule has 0 unspecified atom stereocenters. The van der Waals surface area contributed by atoms with Gasteiger partial charge in [0, 0.05) is 35.8 Å². The number of carbonyl (C=O) groups is 2. The van der Waals surface area contributed by atoms with Gasteiger partial charge in [0.25, 0.3) is 0 Å². The number of ether oxygens (including phenoxy) is 1. The Balaban J connectivity index is 1.62. The Morgan fingerprint density at radius 1 is 1.31 bits per heavy atom. The van der Waals surface area contributed by atoms with Gasteiger partial charge in [0.2, 0.25) is 5.91 Å². The Morgan fingerprint density at radius 2 is 2.19 bits per heavy atom. The molecule has 1 aliphatic rings. The van der Waals surface area contributed by atoms with Gasteiger partial charge in [0.05, 0.1) is 12.6 Å². The lowest BCUT2D eigenvalue weighted by atomic mass is 10.1. The number of Topliss-reactive ketones (excluding diaryl/α,β-unsaturated/α-hetero) is 1. The summed E-state index contributed by atoms with van der Waals surface area (Å²) in [6.07, 6.45) is 2.33. The van der Waals surface area contributed by atoms with Crippen LogP contribution in [0.2, 0.25) is 0 Å². The van der Waals surface area contributed by atoms with Crippen LogP contribution in [0.5, 0.6) is 0 Å². The van der Waals surface area contributed by atoms with E-state index in [1.54, 1.807) is 35.6 Å². The minimum atomic E-state index is -0.0831. The molecule has 0 bridgehead atoms. The van der Waals surface area contributed by atoms with Crippen LogP contribution in [0, 0.1) is 0 Å². The number of thiophene rings is 1. The largest absolute Gasteiger partial charge is 0.377 e. The van der Waals surface area contributed by atoms with Crippen molar-refractivity contribution in [3.63, 3.8) is 0 Å². The second kappa shape index (κ2) is 9.07. The number of nitrogens with zero attached hydrogens (tertiary/aromatic N) is 1. The average molecular weight is 372 g/mol. The molecule has 1 saturated heterocycles. The fraction of sp³-hybridized carbons (Fsp3) is 0.400. The fourth-order valence-corrected chi connectivity index (χ4v) is 3.85. The van der Waals surface area contributed by atoms with E-state index in [9.17, 15) is 9.59 Å². The molecular weight excluding hydrogens is 348 g/mol. The molecule has 2 heterocycles. The number of nitrogens with one attached hydrogen (secondary N) is 1. The van der Waals surface area contributed by atoms with E-state index in [0.717, 1.165) is 32.5 Å². The molecule has 1 amide bonds. The summed E-state index contributed by atoms with van der Waals surface area (Å²) in [6, 6.07) is 11.2. The third kappa shape index (κ3) is 5.49. The number of rotatable bonds is 8. The molecule has 1 aromatic heterocycles. The molecule has 1 atom stereocenters. The summed E-state index contributed by atoms with van der Waals surface area (Å²) in [6.45, 7) is 4.10. The summed E-state index contributed by atoms with van der Waals surface area (Å²) < 4.78 is 5.74. The predicted molar refractivity (Wildman–Crippen MR) is 104 cm³/mol. The molecule has 2 aromatic rings. The Bertz CT molecular complexity index is 739. The van der Waals surface area contributed by atoms with Crippen molar-refractivity contribution in [2.45, 2.75) is 32.4 Å². The zero-order valence-electron chi connectivity index (χ0n) is 14.9. The first kappa shape index (κ1) is 18.8. The summed E-state index contributed by atoms with van der Waals surface area (Å²) in [4.78, 5) is 27.4. The van der Waals surface area contributed by atoms with Crippen molar-refractivity contribution in [3.05, 3.63) is 52.2 Å².